The quantitative estimate of drug-likeness (QED) is 0.534. The zero-order valence-corrected chi connectivity index (χ0v) is 8.06. The molecule has 0 aliphatic rings. The molecule has 0 aromatic carbocycles. The Morgan fingerprint density at radius 3 is 2.93 bits per heavy atom. The molecule has 0 aliphatic heterocycles. The van der Waals surface area contributed by atoms with E-state index >= 15 is 0 Å². The average molecular weight is 192 g/mol. The highest BCUT2D eigenvalue weighted by Crippen LogP contribution is 2.02. The van der Waals surface area contributed by atoms with Gasteiger partial charge < -0.3 is 4.74 Å². The molecule has 1 aromatic heterocycles. The van der Waals surface area contributed by atoms with E-state index in [1.807, 2.05) is 12.1 Å². The van der Waals surface area contributed by atoms with E-state index in [1.165, 1.54) is 6.92 Å². The van der Waals surface area contributed by atoms with Crippen LogP contribution >= 0.6 is 0 Å². The lowest BCUT2D eigenvalue weighted by Crippen LogP contribution is -2.01. The maximum atomic E-state index is 10.5. The van der Waals surface area contributed by atoms with E-state index in [0.717, 1.165) is 11.4 Å². The van der Waals surface area contributed by atoms with E-state index in [0.29, 0.717) is 6.54 Å². The van der Waals surface area contributed by atoms with Gasteiger partial charge in [-0.1, -0.05) is 6.07 Å². The summed E-state index contributed by atoms with van der Waals surface area (Å²) < 4.78 is 4.81. The molecule has 0 unspecified atom stereocenters. The molecule has 0 spiro atoms. The first-order chi connectivity index (χ1) is 6.72. The summed E-state index contributed by atoms with van der Waals surface area (Å²) in [5, 5.41) is 0. The number of aromatic nitrogens is 1. The Morgan fingerprint density at radius 2 is 2.29 bits per heavy atom. The number of carbonyl (C=O) groups excluding carboxylic acids is 1. The van der Waals surface area contributed by atoms with Crippen LogP contribution in [0.5, 0.6) is 0 Å². The minimum absolute atomic E-state index is 0.209. The molecule has 0 fully saturated rings. The first-order valence-electron chi connectivity index (χ1n) is 4.23. The molecule has 0 aliphatic carbocycles. The second kappa shape index (κ2) is 5.11. The highest BCUT2D eigenvalue weighted by Gasteiger charge is 1.99. The van der Waals surface area contributed by atoms with Crippen molar-refractivity contribution in [2.45, 2.75) is 20.1 Å². The predicted molar refractivity (Wildman–Crippen MR) is 53.0 cm³/mol. The van der Waals surface area contributed by atoms with Crippen LogP contribution in [0.1, 0.15) is 18.3 Å². The first-order valence-corrected chi connectivity index (χ1v) is 4.23. The Hall–Kier alpha value is -1.71. The predicted octanol–water partition coefficient (Wildman–Crippen LogP) is 1.35. The van der Waals surface area contributed by atoms with E-state index in [4.69, 9.17) is 4.74 Å². The fraction of sp³-hybridized carbons (Fsp3) is 0.300. The summed E-state index contributed by atoms with van der Waals surface area (Å²) in [6.07, 6.45) is 0. The van der Waals surface area contributed by atoms with Crippen molar-refractivity contribution in [3.8, 4) is 0 Å². The van der Waals surface area contributed by atoms with Gasteiger partial charge in [0.25, 0.3) is 0 Å². The molecular weight excluding hydrogens is 180 g/mol. The summed E-state index contributed by atoms with van der Waals surface area (Å²) in [7, 11) is 0. The van der Waals surface area contributed by atoms with Crippen molar-refractivity contribution in [1.29, 1.82) is 0 Å². The van der Waals surface area contributed by atoms with Gasteiger partial charge in [-0.05, 0) is 18.9 Å². The van der Waals surface area contributed by atoms with Crippen LogP contribution in [0.15, 0.2) is 23.2 Å². The third-order valence-corrected chi connectivity index (χ3v) is 1.56. The fourth-order valence-corrected chi connectivity index (χ4v) is 0.988. The summed E-state index contributed by atoms with van der Waals surface area (Å²) in [6, 6.07) is 5.51. The molecule has 74 valence electrons. The summed E-state index contributed by atoms with van der Waals surface area (Å²) in [5.41, 5.74) is 1.55. The number of rotatable bonds is 4. The highest BCUT2D eigenvalue weighted by atomic mass is 16.5. The van der Waals surface area contributed by atoms with Crippen molar-refractivity contribution in [3.63, 3.8) is 0 Å². The summed E-state index contributed by atoms with van der Waals surface area (Å²) in [4.78, 5) is 18.5. The molecule has 0 atom stereocenters. The van der Waals surface area contributed by atoms with Crippen molar-refractivity contribution in [2.75, 3.05) is 0 Å². The van der Waals surface area contributed by atoms with Crippen molar-refractivity contribution in [3.05, 3.63) is 29.6 Å². The molecule has 14 heavy (non-hydrogen) atoms. The zero-order chi connectivity index (χ0) is 10.4. The second-order valence-corrected chi connectivity index (χ2v) is 2.78. The van der Waals surface area contributed by atoms with Crippen LogP contribution in [0.25, 0.3) is 0 Å². The largest absolute Gasteiger partial charge is 0.459 e. The fourth-order valence-electron chi connectivity index (χ4n) is 0.988. The molecule has 0 saturated carbocycles. The molecule has 1 heterocycles. The lowest BCUT2D eigenvalue weighted by Gasteiger charge is -2.02. The molecule has 0 radical (unpaired) electrons. The third kappa shape index (κ3) is 3.35. The molecular formula is C10H12N2O2. The zero-order valence-electron chi connectivity index (χ0n) is 8.06. The summed E-state index contributed by atoms with van der Waals surface area (Å²) >= 11 is 0. The Bertz CT molecular complexity index is 337. The minimum Gasteiger partial charge on any atom is -0.459 e. The van der Waals surface area contributed by atoms with Crippen molar-refractivity contribution >= 4 is 12.7 Å². The Morgan fingerprint density at radius 1 is 1.57 bits per heavy atom. The van der Waals surface area contributed by atoms with E-state index in [9.17, 15) is 4.79 Å². The monoisotopic (exact) mass is 192 g/mol. The SMILES string of the molecule is C=NCc1cccc(COC(C)=O)n1. The van der Waals surface area contributed by atoms with Gasteiger partial charge in [-0.15, -0.1) is 0 Å². The number of pyridine rings is 1. The van der Waals surface area contributed by atoms with Crippen LogP contribution in [0.3, 0.4) is 0 Å². The van der Waals surface area contributed by atoms with Gasteiger partial charge in [0.2, 0.25) is 0 Å². The molecule has 4 nitrogen and oxygen atoms in total. The van der Waals surface area contributed by atoms with Crippen LogP contribution in [0.4, 0.5) is 0 Å². The average Bonchev–Trinajstić information content (AvgIpc) is 2.16. The lowest BCUT2D eigenvalue weighted by atomic mass is 10.3. The molecule has 0 amide bonds. The van der Waals surface area contributed by atoms with E-state index < -0.39 is 0 Å². The standard InChI is InChI=1S/C10H12N2O2/c1-8(13)14-7-10-5-3-4-9(12-10)6-11-2/h3-5H,2,6-7H2,1H3. The van der Waals surface area contributed by atoms with Gasteiger partial charge >= 0.3 is 5.97 Å². The van der Waals surface area contributed by atoms with Crippen molar-refractivity contribution in [2.24, 2.45) is 4.99 Å². The van der Waals surface area contributed by atoms with Gasteiger partial charge in [-0.2, -0.15) is 0 Å². The molecule has 1 aromatic rings. The van der Waals surface area contributed by atoms with Gasteiger partial charge in [0, 0.05) is 6.92 Å². The number of ether oxygens (including phenoxy) is 1. The topological polar surface area (TPSA) is 51.5 Å². The van der Waals surface area contributed by atoms with E-state index in [2.05, 4.69) is 16.7 Å². The number of carbonyl (C=O) groups is 1. The van der Waals surface area contributed by atoms with Crippen LogP contribution in [0, 0.1) is 0 Å². The first kappa shape index (κ1) is 10.4. The van der Waals surface area contributed by atoms with E-state index in [-0.39, 0.29) is 12.6 Å². The molecule has 4 heteroatoms. The van der Waals surface area contributed by atoms with Crippen molar-refractivity contribution < 1.29 is 9.53 Å². The van der Waals surface area contributed by atoms with Gasteiger partial charge in [0.15, 0.2) is 0 Å². The van der Waals surface area contributed by atoms with Gasteiger partial charge in [0.05, 0.1) is 17.9 Å². The lowest BCUT2D eigenvalue weighted by molar-refractivity contribution is -0.142. The van der Waals surface area contributed by atoms with Gasteiger partial charge in [0.1, 0.15) is 6.61 Å². The van der Waals surface area contributed by atoms with Crippen LogP contribution in [-0.4, -0.2) is 17.7 Å². The number of hydrogen-bond donors (Lipinski definition) is 0. The Balaban J connectivity index is 2.63. The molecule has 0 N–H and O–H groups in total. The number of hydrogen-bond acceptors (Lipinski definition) is 4. The van der Waals surface area contributed by atoms with Gasteiger partial charge in [-0.3, -0.25) is 14.8 Å². The van der Waals surface area contributed by atoms with E-state index in [1.54, 1.807) is 6.07 Å². The number of nitrogens with zero attached hydrogens (tertiary/aromatic N) is 2. The molecule has 1 rings (SSSR count). The smallest absolute Gasteiger partial charge is 0.303 e. The summed E-state index contributed by atoms with van der Waals surface area (Å²) in [6.45, 7) is 5.44. The van der Waals surface area contributed by atoms with Gasteiger partial charge in [-0.25, -0.2) is 0 Å². The summed E-state index contributed by atoms with van der Waals surface area (Å²) in [5.74, 6) is -0.306. The second-order valence-electron chi connectivity index (χ2n) is 2.78. The Labute approximate surface area is 82.6 Å². The van der Waals surface area contributed by atoms with Crippen LogP contribution in [0.2, 0.25) is 0 Å². The number of aliphatic imine (C=N–C) groups is 1. The maximum absolute atomic E-state index is 10.5. The normalized spacial score (nSPS) is 9.50. The van der Waals surface area contributed by atoms with Crippen LogP contribution in [-0.2, 0) is 22.7 Å². The Kier molecular flexibility index (Phi) is 3.79. The van der Waals surface area contributed by atoms with Crippen molar-refractivity contribution in [1.82, 2.24) is 4.98 Å². The maximum Gasteiger partial charge on any atom is 0.303 e. The number of esters is 1. The third-order valence-electron chi connectivity index (χ3n) is 1.56. The van der Waals surface area contributed by atoms with Crippen LogP contribution < -0.4 is 0 Å². The molecule has 0 bridgehead atoms. The highest BCUT2D eigenvalue weighted by molar-refractivity contribution is 5.65. The minimum atomic E-state index is -0.306. The molecule has 0 saturated heterocycles.